The Balaban J connectivity index is 0.000000313. The maximum atomic E-state index is 12.9. The predicted molar refractivity (Wildman–Crippen MR) is 197 cm³/mol. The van der Waals surface area contributed by atoms with Gasteiger partial charge in [-0.25, -0.2) is 4.68 Å². The molecule has 0 saturated heterocycles. The normalized spacial score (nSPS) is 10.9. The molecule has 1 aromatic heterocycles. The molecule has 5 aromatic carbocycles. The summed E-state index contributed by atoms with van der Waals surface area (Å²) >= 11 is 0. The molecule has 1 amide bonds. The van der Waals surface area contributed by atoms with Gasteiger partial charge in [-0.1, -0.05) is 60.2 Å². The van der Waals surface area contributed by atoms with Gasteiger partial charge in [-0.05, 0) is 54.1 Å². The first kappa shape index (κ1) is 46.8. The van der Waals surface area contributed by atoms with Gasteiger partial charge >= 0.3 is 46.9 Å². The van der Waals surface area contributed by atoms with Crippen LogP contribution in [0, 0.1) is 27.2 Å². The number of azo groups is 2. The van der Waals surface area contributed by atoms with Crippen LogP contribution in [0.1, 0.15) is 5.69 Å². The molecule has 0 fully saturated rings. The first-order chi connectivity index (χ1) is 27.0. The number of nitrogens with one attached hydrogen (secondary N) is 2. The summed E-state index contributed by atoms with van der Waals surface area (Å²) in [6, 6.07) is 19.6. The second-order valence-corrected chi connectivity index (χ2v) is 12.8. The van der Waals surface area contributed by atoms with Crippen molar-refractivity contribution in [1.29, 1.82) is 0 Å². The van der Waals surface area contributed by atoms with Gasteiger partial charge < -0.3 is 20.6 Å². The maximum Gasteiger partial charge on any atom is 3.00 e. The number of amides is 1. The smallest absolute Gasteiger partial charge is 0.871 e. The van der Waals surface area contributed by atoms with Crippen molar-refractivity contribution in [1.82, 2.24) is 9.78 Å². The van der Waals surface area contributed by atoms with E-state index < -0.39 is 70.6 Å². The number of para-hydroxylation sites is 1. The van der Waals surface area contributed by atoms with Crippen LogP contribution in [0.4, 0.5) is 39.8 Å². The van der Waals surface area contributed by atoms with Gasteiger partial charge in [-0.15, -0.1) is 10.2 Å². The molecule has 21 nitrogen and oxygen atoms in total. The number of aromatic amines is 1. The molecule has 0 saturated carbocycles. The van der Waals surface area contributed by atoms with Crippen LogP contribution < -0.4 is 55.8 Å². The number of nitro benzene ring substituents is 2. The fourth-order valence-corrected chi connectivity index (χ4v) is 5.56. The van der Waals surface area contributed by atoms with Crippen molar-refractivity contribution in [3.63, 3.8) is 0 Å². The average Bonchev–Trinajstić information content (AvgIpc) is 3.46. The summed E-state index contributed by atoms with van der Waals surface area (Å²) in [7, 11) is -4.94. The van der Waals surface area contributed by atoms with E-state index in [1.807, 2.05) is 6.07 Å². The minimum absolute atomic E-state index is 0. The molecule has 3 N–H and O–H groups in total. The summed E-state index contributed by atoms with van der Waals surface area (Å²) < 4.78 is 34.5. The molecule has 0 aliphatic carbocycles. The van der Waals surface area contributed by atoms with Crippen LogP contribution in [-0.2, 0) is 32.3 Å². The van der Waals surface area contributed by atoms with Gasteiger partial charge in [0.25, 0.3) is 27.1 Å². The number of hydrogen-bond donors (Lipinski definition) is 3. The predicted octanol–water partition coefficient (Wildman–Crippen LogP) is 2.55. The first-order valence-electron chi connectivity index (χ1n) is 15.8. The SMILES string of the molecule is C=CC(=O)Nc1ccc2cc(S(=O)(=O)O)c(N=Nc3cc([N+](=O)[O-])ccc3[O-])c([O-])c2c1.Cc1[nH]n(-c2ccccc2)c(=O)c1N=Nc1cc([N+](=O)[O-])ccc1[O-].[Cr+3].[Na+]. The Hall–Kier alpha value is -6.58. The quantitative estimate of drug-likeness (QED) is 0.0447. The average molecular weight is 870 g/mol. The Labute approximate surface area is 364 Å². The van der Waals surface area contributed by atoms with Gasteiger partial charge in [0.05, 0.1) is 38.3 Å². The van der Waals surface area contributed by atoms with E-state index in [1.54, 1.807) is 31.2 Å². The number of aryl methyl sites for hydroxylation is 1. The van der Waals surface area contributed by atoms with Crippen LogP contribution in [0.25, 0.3) is 16.5 Å². The zero-order valence-corrected chi connectivity index (χ0v) is 34.4. The standard InChI is InChI=1S/C19H14N4O8S.C16H13N5O4.Cr.Na/c1-2-17(25)20-11-4-3-10-7-16(32(29,30)31)18(19(26)13(10)8-11)22-21-14-9-12(23(27)28)5-6-15(14)24;1-10-15(16(23)20(19-10)11-5-3-2-4-6-11)18-17-13-9-12(21(24)25)7-8-14(13)22;;/h2-9,24,26H,1H2,(H,20,25)(H,29,30,31);2-9,19,22H,1H3;;/q;;+3;+1/p-3. The van der Waals surface area contributed by atoms with Crippen LogP contribution >= 0.6 is 0 Å². The molecule has 0 spiro atoms. The van der Waals surface area contributed by atoms with Gasteiger partial charge in [0.1, 0.15) is 4.90 Å². The Kier molecular flexibility index (Phi) is 15.6. The number of H-pyrrole nitrogens is 1. The molecule has 0 bridgehead atoms. The summed E-state index contributed by atoms with van der Waals surface area (Å²) in [5, 5.41) is 78.1. The van der Waals surface area contributed by atoms with E-state index in [2.05, 4.69) is 37.5 Å². The van der Waals surface area contributed by atoms with Gasteiger partial charge in [0, 0.05) is 30.0 Å². The van der Waals surface area contributed by atoms with Gasteiger partial charge in [-0.3, -0.25) is 39.5 Å². The molecular weight excluding hydrogens is 845 g/mol. The van der Waals surface area contributed by atoms with Crippen LogP contribution in [0.3, 0.4) is 0 Å². The number of nitrogens with zero attached hydrogens (tertiary/aromatic N) is 7. The molecule has 1 radical (unpaired) electrons. The zero-order valence-electron chi connectivity index (χ0n) is 30.3. The third-order valence-electron chi connectivity index (χ3n) is 7.64. The van der Waals surface area contributed by atoms with Gasteiger partial charge in [-0.2, -0.15) is 18.6 Å². The second-order valence-electron chi connectivity index (χ2n) is 11.4. The van der Waals surface area contributed by atoms with E-state index in [4.69, 9.17) is 0 Å². The Morgan fingerprint density at radius 1 is 0.831 bits per heavy atom. The van der Waals surface area contributed by atoms with Crippen molar-refractivity contribution in [2.75, 3.05) is 5.32 Å². The number of fused-ring (bicyclic) bond motifs is 1. The summed E-state index contributed by atoms with van der Waals surface area (Å²) in [6.07, 6.45) is 1.00. The fourth-order valence-electron chi connectivity index (χ4n) is 4.91. The molecule has 0 aliphatic rings. The zero-order chi connectivity index (χ0) is 41.6. The van der Waals surface area contributed by atoms with Crippen molar-refractivity contribution in [2.24, 2.45) is 20.5 Å². The summed E-state index contributed by atoms with van der Waals surface area (Å²) in [5.74, 6) is -2.83. The second kappa shape index (κ2) is 19.7. The summed E-state index contributed by atoms with van der Waals surface area (Å²) in [6.45, 7) is 4.94. The molecule has 6 rings (SSSR count). The fraction of sp³-hybridized carbons (Fsp3) is 0.0286. The van der Waals surface area contributed by atoms with Crippen molar-refractivity contribution < 1.29 is 89.8 Å². The number of rotatable bonds is 10. The minimum atomic E-state index is -4.94. The number of aromatic nitrogens is 2. The van der Waals surface area contributed by atoms with Crippen LogP contribution in [0.5, 0.6) is 17.2 Å². The molecule has 0 atom stereocenters. The van der Waals surface area contributed by atoms with Gasteiger partial charge in [0.2, 0.25) is 5.91 Å². The Morgan fingerprint density at radius 3 is 1.88 bits per heavy atom. The monoisotopic (exact) mass is 869 g/mol. The number of carbonyl (C=O) groups is 1. The molecule has 0 unspecified atom stereocenters. The number of nitro groups is 2. The van der Waals surface area contributed by atoms with Crippen molar-refractivity contribution in [2.45, 2.75) is 11.8 Å². The molecule has 24 heteroatoms. The first-order valence-corrected chi connectivity index (χ1v) is 17.2. The number of hydrogen-bond acceptors (Lipinski definition) is 15. The van der Waals surface area contributed by atoms with E-state index in [0.717, 1.165) is 48.5 Å². The van der Waals surface area contributed by atoms with E-state index in [0.29, 0.717) is 11.4 Å². The molecule has 59 heavy (non-hydrogen) atoms. The number of benzene rings is 5. The topological polar surface area (TPSA) is 326 Å². The number of carbonyl (C=O) groups excluding carboxylic acids is 1. The largest absolute Gasteiger partial charge is 3.00 e. The Bertz CT molecular complexity index is 2830. The van der Waals surface area contributed by atoms with E-state index in [9.17, 15) is 58.1 Å². The molecule has 293 valence electrons. The van der Waals surface area contributed by atoms with Crippen LogP contribution in [0.15, 0.2) is 134 Å². The van der Waals surface area contributed by atoms with Crippen molar-refractivity contribution in [3.8, 4) is 22.9 Å². The Morgan fingerprint density at radius 2 is 1.37 bits per heavy atom. The molecular formula is C35H24CrN9NaO12S+. The third-order valence-corrected chi connectivity index (χ3v) is 8.51. The van der Waals surface area contributed by atoms with E-state index >= 15 is 0 Å². The molecule has 6 aromatic rings. The van der Waals surface area contributed by atoms with Crippen molar-refractivity contribution in [3.05, 3.63) is 140 Å². The van der Waals surface area contributed by atoms with E-state index in [-0.39, 0.29) is 80.4 Å². The third kappa shape index (κ3) is 11.1. The van der Waals surface area contributed by atoms with Crippen molar-refractivity contribution >= 4 is 66.6 Å². The summed E-state index contributed by atoms with van der Waals surface area (Å²) in [4.78, 5) is 43.3. The number of anilines is 1. The number of non-ortho nitro benzene ring substituents is 2. The summed E-state index contributed by atoms with van der Waals surface area (Å²) in [5.41, 5.74) is -1.45. The molecule has 0 aliphatic heterocycles. The van der Waals surface area contributed by atoms with E-state index in [1.165, 1.54) is 22.9 Å². The van der Waals surface area contributed by atoms with Crippen LogP contribution in [-0.4, -0.2) is 38.5 Å². The maximum absolute atomic E-state index is 12.9. The minimum Gasteiger partial charge on any atom is -0.871 e. The molecule has 1 heterocycles. The van der Waals surface area contributed by atoms with Gasteiger partial charge in [0.15, 0.2) is 5.69 Å². The van der Waals surface area contributed by atoms with Crippen LogP contribution in [0.2, 0.25) is 0 Å².